The molecular formula is C49H61N5O7. The molecule has 12 heteroatoms. The smallest absolute Gasteiger partial charge is 0.264 e. The van der Waals surface area contributed by atoms with Gasteiger partial charge in [-0.05, 0) is 140 Å². The highest BCUT2D eigenvalue weighted by Crippen LogP contribution is 2.69. The summed E-state index contributed by atoms with van der Waals surface area (Å²) in [5.41, 5.74) is 3.15. The molecule has 2 aromatic carbocycles. The number of imide groups is 2. The lowest BCUT2D eigenvalue weighted by molar-refractivity contribution is -0.141. The van der Waals surface area contributed by atoms with Crippen LogP contribution in [-0.2, 0) is 23.9 Å². The number of pyridine rings is 1. The first-order chi connectivity index (χ1) is 29.5. The molecule has 9 atom stereocenters. The molecule has 6 aliphatic rings. The lowest BCUT2D eigenvalue weighted by atomic mass is 9.44. The Morgan fingerprint density at radius 2 is 1.67 bits per heavy atom. The third-order valence-corrected chi connectivity index (χ3v) is 16.5. The highest BCUT2D eigenvalue weighted by atomic mass is 16.5. The van der Waals surface area contributed by atoms with Gasteiger partial charge < -0.3 is 19.7 Å². The Labute approximate surface area is 358 Å². The molecule has 5 fully saturated rings. The van der Waals surface area contributed by atoms with E-state index in [1.54, 1.807) is 18.2 Å². The molecular weight excluding hydrogens is 771 g/mol. The molecule has 1 saturated heterocycles. The lowest BCUT2D eigenvalue weighted by Crippen LogP contribution is -2.55. The van der Waals surface area contributed by atoms with Gasteiger partial charge in [-0.15, -0.1) is 0 Å². The first-order valence-electron chi connectivity index (χ1n) is 22.8. The van der Waals surface area contributed by atoms with Gasteiger partial charge in [-0.2, -0.15) is 0 Å². The van der Waals surface area contributed by atoms with Gasteiger partial charge in [0.2, 0.25) is 17.7 Å². The van der Waals surface area contributed by atoms with Gasteiger partial charge in [-0.25, -0.2) is 0 Å². The van der Waals surface area contributed by atoms with Crippen molar-refractivity contribution in [1.29, 1.82) is 0 Å². The maximum Gasteiger partial charge on any atom is 0.264 e. The molecule has 4 saturated carbocycles. The number of ether oxygens (including phenoxy) is 2. The van der Waals surface area contributed by atoms with Crippen molar-refractivity contribution in [1.82, 2.24) is 20.1 Å². The number of anilines is 1. The predicted molar refractivity (Wildman–Crippen MR) is 231 cm³/mol. The van der Waals surface area contributed by atoms with Gasteiger partial charge in [0.1, 0.15) is 6.04 Å². The van der Waals surface area contributed by atoms with E-state index < -0.39 is 29.7 Å². The predicted octanol–water partition coefficient (Wildman–Crippen LogP) is 7.12. The molecule has 3 unspecified atom stereocenters. The molecule has 9 rings (SSSR count). The number of fused-ring (bicyclic) bond motifs is 7. The summed E-state index contributed by atoms with van der Waals surface area (Å²) in [5, 5.41) is 7.93. The highest BCUT2D eigenvalue weighted by molar-refractivity contribution is 6.25. The zero-order chi connectivity index (χ0) is 42.5. The molecule has 0 radical (unpaired) electrons. The van der Waals surface area contributed by atoms with E-state index in [0.717, 1.165) is 35.5 Å². The number of nitrogens with one attached hydrogen (secondary N) is 2. The zero-order valence-corrected chi connectivity index (χ0v) is 36.0. The number of benzene rings is 2. The minimum Gasteiger partial charge on any atom is -0.382 e. The van der Waals surface area contributed by atoms with Gasteiger partial charge in [0.25, 0.3) is 11.8 Å². The van der Waals surface area contributed by atoms with Crippen molar-refractivity contribution < 1.29 is 33.4 Å². The maximum absolute atomic E-state index is 13.4. The van der Waals surface area contributed by atoms with Crippen LogP contribution in [-0.4, -0.2) is 96.4 Å². The van der Waals surface area contributed by atoms with E-state index in [1.165, 1.54) is 61.3 Å². The summed E-state index contributed by atoms with van der Waals surface area (Å²) in [6, 6.07) is 13.5. The Morgan fingerprint density at radius 3 is 2.51 bits per heavy atom. The van der Waals surface area contributed by atoms with E-state index in [9.17, 15) is 24.0 Å². The van der Waals surface area contributed by atoms with Crippen LogP contribution in [0.1, 0.15) is 123 Å². The van der Waals surface area contributed by atoms with Crippen molar-refractivity contribution in [3.8, 4) is 0 Å². The van der Waals surface area contributed by atoms with Gasteiger partial charge in [0.15, 0.2) is 0 Å². The number of carbonyl (C=O) groups is 5. The minimum absolute atomic E-state index is 0.0687. The van der Waals surface area contributed by atoms with Crippen molar-refractivity contribution in [3.05, 3.63) is 71.5 Å². The van der Waals surface area contributed by atoms with E-state index in [-0.39, 0.29) is 35.9 Å². The topological polar surface area (TPSA) is 147 Å². The fourth-order valence-corrected chi connectivity index (χ4v) is 13.2. The Kier molecular flexibility index (Phi) is 11.5. The standard InChI is InChI=1S/C49H61N5O7/c1-48-19-15-34(28-33(48)9-10-35-38-12-11-37(49(38,2)20-16-39(35)48)31-8-7-30-17-21-50-29-32(30)27-31)53(3)43(56)18-23-60-25-26-61-24-22-51-40-6-4-5-36-44(40)47(59)54(46(36)58)41-13-14-42(55)52-45(41)57/h4-8,17,21,27,29,33-35,37-39,41,51H,9-16,18-20,22-26,28H2,1-3H3,(H,52,55,57)/t33?,34-,35-,37+,38-,39?,41?,48-,49+/m0/s1. The van der Waals surface area contributed by atoms with Gasteiger partial charge in [-0.3, -0.25) is 39.2 Å². The number of hydrogen-bond acceptors (Lipinski definition) is 9. The average molecular weight is 832 g/mol. The van der Waals surface area contributed by atoms with Gasteiger partial charge >= 0.3 is 0 Å². The Balaban J connectivity index is 0.690. The molecule has 324 valence electrons. The van der Waals surface area contributed by atoms with E-state index in [2.05, 4.69) is 53.7 Å². The van der Waals surface area contributed by atoms with Gasteiger partial charge in [0.05, 0.1) is 44.0 Å². The first-order valence-corrected chi connectivity index (χ1v) is 22.8. The van der Waals surface area contributed by atoms with Crippen LogP contribution >= 0.6 is 0 Å². The molecule has 61 heavy (non-hydrogen) atoms. The largest absolute Gasteiger partial charge is 0.382 e. The van der Waals surface area contributed by atoms with Crippen LogP contribution in [0.25, 0.3) is 10.8 Å². The zero-order valence-electron chi connectivity index (χ0n) is 36.0. The summed E-state index contributed by atoms with van der Waals surface area (Å²) >= 11 is 0. The molecule has 2 N–H and O–H groups in total. The molecule has 3 heterocycles. The summed E-state index contributed by atoms with van der Waals surface area (Å²) in [6.45, 7) is 7.00. The number of amides is 5. The molecule has 5 amide bonds. The summed E-state index contributed by atoms with van der Waals surface area (Å²) in [7, 11) is 1.99. The Hall–Kier alpha value is -4.68. The molecule has 4 aliphatic carbocycles. The number of piperidine rings is 1. The number of carbonyl (C=O) groups excluding carboxylic acids is 5. The molecule has 12 nitrogen and oxygen atoms in total. The molecule has 1 aromatic heterocycles. The maximum atomic E-state index is 13.4. The lowest BCUT2D eigenvalue weighted by Gasteiger charge is -2.61. The molecule has 3 aromatic rings. The average Bonchev–Trinajstić information content (AvgIpc) is 3.75. The van der Waals surface area contributed by atoms with Gasteiger partial charge in [0, 0.05) is 49.5 Å². The fraction of sp³-hybridized carbons (Fsp3) is 0.592. The van der Waals surface area contributed by atoms with Crippen LogP contribution in [0, 0.1) is 34.5 Å². The second-order valence-corrected chi connectivity index (χ2v) is 19.3. The molecule has 2 aliphatic heterocycles. The second kappa shape index (κ2) is 16.9. The first kappa shape index (κ1) is 41.7. The van der Waals surface area contributed by atoms with Crippen molar-refractivity contribution in [3.63, 3.8) is 0 Å². The minimum atomic E-state index is -1.01. The van der Waals surface area contributed by atoms with Crippen LogP contribution in [0.5, 0.6) is 0 Å². The SMILES string of the molecule is CN(C(=O)CCOCCOCCNc1cccc2c1C(=O)N(C1CCC(=O)NC1=O)C2=O)[C@H]1CC[C@@]2(C)C(CC[C@@H]3C2CC[C@]2(C)[C@@H](c4ccc5ccncc5c4)CC[C@@H]32)C1. The monoisotopic (exact) mass is 831 g/mol. The molecule has 0 bridgehead atoms. The van der Waals surface area contributed by atoms with Crippen LogP contribution in [0.15, 0.2) is 54.9 Å². The second-order valence-electron chi connectivity index (χ2n) is 19.3. The third kappa shape index (κ3) is 7.55. The van der Waals surface area contributed by atoms with Crippen LogP contribution in [0.2, 0.25) is 0 Å². The fourth-order valence-electron chi connectivity index (χ4n) is 13.2. The van der Waals surface area contributed by atoms with E-state index in [4.69, 9.17) is 9.47 Å². The normalized spacial score (nSPS) is 31.9. The van der Waals surface area contributed by atoms with Crippen molar-refractivity contribution in [2.24, 2.45) is 34.5 Å². The van der Waals surface area contributed by atoms with Crippen molar-refractivity contribution in [2.75, 3.05) is 45.3 Å². The Bertz CT molecular complexity index is 2210. The summed E-state index contributed by atoms with van der Waals surface area (Å²) in [4.78, 5) is 71.2. The quantitative estimate of drug-likeness (QED) is 0.136. The van der Waals surface area contributed by atoms with Crippen LogP contribution in [0.4, 0.5) is 5.69 Å². The van der Waals surface area contributed by atoms with E-state index in [1.807, 2.05) is 24.3 Å². The summed E-state index contributed by atoms with van der Waals surface area (Å²) in [5.74, 6) is 1.67. The number of nitrogens with zero attached hydrogens (tertiary/aromatic N) is 3. The van der Waals surface area contributed by atoms with Gasteiger partial charge in [-0.1, -0.05) is 32.0 Å². The van der Waals surface area contributed by atoms with E-state index in [0.29, 0.717) is 67.7 Å². The number of rotatable bonds is 13. The van der Waals surface area contributed by atoms with Crippen molar-refractivity contribution in [2.45, 2.75) is 109 Å². The van der Waals surface area contributed by atoms with Crippen molar-refractivity contribution >= 4 is 46.0 Å². The number of hydrogen-bond donors (Lipinski definition) is 2. The van der Waals surface area contributed by atoms with E-state index >= 15 is 0 Å². The highest BCUT2D eigenvalue weighted by Gasteiger charge is 2.60. The number of aromatic nitrogens is 1. The summed E-state index contributed by atoms with van der Waals surface area (Å²) < 4.78 is 11.5. The summed E-state index contributed by atoms with van der Waals surface area (Å²) in [6.07, 6.45) is 15.7. The van der Waals surface area contributed by atoms with Crippen LogP contribution in [0.3, 0.4) is 0 Å². The Morgan fingerprint density at radius 1 is 0.869 bits per heavy atom. The third-order valence-electron chi connectivity index (χ3n) is 16.5. The molecule has 0 spiro atoms. The van der Waals surface area contributed by atoms with Crippen LogP contribution < -0.4 is 10.6 Å².